The van der Waals surface area contributed by atoms with Crippen LogP contribution in [0.15, 0.2) is 59.8 Å². The van der Waals surface area contributed by atoms with Gasteiger partial charge in [-0.15, -0.1) is 0 Å². The molecule has 0 amide bonds. The number of hydrogen-bond donors (Lipinski definition) is 1. The summed E-state index contributed by atoms with van der Waals surface area (Å²) < 4.78 is 0. The van der Waals surface area contributed by atoms with Crippen molar-refractivity contribution in [3.05, 3.63) is 81.9 Å². The lowest BCUT2D eigenvalue weighted by Crippen LogP contribution is -2.30. The third-order valence-electron chi connectivity index (χ3n) is 5.18. The molecular weight excluding hydrogens is 306 g/mol. The van der Waals surface area contributed by atoms with E-state index in [2.05, 4.69) is 47.6 Å². The van der Waals surface area contributed by atoms with Gasteiger partial charge >= 0.3 is 0 Å². The summed E-state index contributed by atoms with van der Waals surface area (Å²) in [7, 11) is 0. The van der Waals surface area contributed by atoms with Gasteiger partial charge in [0, 0.05) is 10.4 Å². The molecule has 2 aromatic rings. The van der Waals surface area contributed by atoms with Crippen molar-refractivity contribution in [1.82, 2.24) is 0 Å². The maximum atomic E-state index is 9.08. The number of allylic oxidation sites excluding steroid dienone is 2. The highest BCUT2D eigenvalue weighted by molar-refractivity contribution is 6.30. The number of aryl methyl sites for hydroxylation is 2. The first-order chi connectivity index (χ1) is 11.2. The number of hydrogen-bond acceptors (Lipinski definition) is 2. The molecule has 2 aliphatic carbocycles. The van der Waals surface area contributed by atoms with E-state index in [-0.39, 0.29) is 5.41 Å². The van der Waals surface area contributed by atoms with Crippen molar-refractivity contribution in [3.8, 4) is 0 Å². The lowest BCUT2D eigenvalue weighted by Gasteiger charge is -2.36. The second-order valence-corrected chi connectivity index (χ2v) is 6.79. The maximum Gasteiger partial charge on any atom is 0.0793 e. The fraction of sp³-hybridized carbons (Fsp3) is 0.250. The minimum atomic E-state index is -0.179. The number of oxime groups is 1. The summed E-state index contributed by atoms with van der Waals surface area (Å²) in [6, 6.07) is 14.9. The van der Waals surface area contributed by atoms with Crippen LogP contribution in [0.1, 0.15) is 35.1 Å². The van der Waals surface area contributed by atoms with Gasteiger partial charge in [0.15, 0.2) is 0 Å². The predicted octanol–water partition coefficient (Wildman–Crippen LogP) is 4.90. The van der Waals surface area contributed by atoms with Gasteiger partial charge in [-0.1, -0.05) is 53.2 Å². The first-order valence-corrected chi connectivity index (χ1v) is 8.38. The van der Waals surface area contributed by atoms with Crippen LogP contribution in [0.4, 0.5) is 0 Å². The van der Waals surface area contributed by atoms with E-state index in [1.807, 2.05) is 12.1 Å². The van der Waals surface area contributed by atoms with E-state index in [4.69, 9.17) is 16.8 Å². The smallest absolute Gasteiger partial charge is 0.0793 e. The zero-order chi connectivity index (χ0) is 15.9. The molecule has 1 unspecified atom stereocenters. The summed E-state index contributed by atoms with van der Waals surface area (Å²) in [5, 5.41) is 13.2. The Morgan fingerprint density at radius 2 is 1.74 bits per heavy atom. The highest BCUT2D eigenvalue weighted by Gasteiger charge is 2.38. The van der Waals surface area contributed by atoms with E-state index in [0.717, 1.165) is 36.4 Å². The van der Waals surface area contributed by atoms with Crippen LogP contribution >= 0.6 is 11.6 Å². The molecule has 2 nitrogen and oxygen atoms in total. The average Bonchev–Trinajstić information content (AvgIpc) is 2.72. The van der Waals surface area contributed by atoms with Gasteiger partial charge in [-0.2, -0.15) is 0 Å². The zero-order valence-corrected chi connectivity index (χ0v) is 13.6. The molecule has 0 fully saturated rings. The second-order valence-electron chi connectivity index (χ2n) is 6.35. The van der Waals surface area contributed by atoms with Gasteiger partial charge < -0.3 is 5.21 Å². The Kier molecular flexibility index (Phi) is 3.50. The summed E-state index contributed by atoms with van der Waals surface area (Å²) in [4.78, 5) is 0. The number of benzene rings is 2. The minimum Gasteiger partial charge on any atom is -0.411 e. The van der Waals surface area contributed by atoms with Gasteiger partial charge in [0.25, 0.3) is 0 Å². The van der Waals surface area contributed by atoms with Gasteiger partial charge in [0.2, 0.25) is 0 Å². The molecule has 1 spiro atoms. The quantitative estimate of drug-likeness (QED) is 0.542. The molecule has 0 heterocycles. The van der Waals surface area contributed by atoms with Crippen molar-refractivity contribution < 1.29 is 5.21 Å². The summed E-state index contributed by atoms with van der Waals surface area (Å²) >= 11 is 6.33. The van der Waals surface area contributed by atoms with Crippen LogP contribution in [0, 0.1) is 0 Å². The van der Waals surface area contributed by atoms with E-state index >= 15 is 0 Å². The molecule has 0 saturated carbocycles. The third kappa shape index (κ3) is 2.29. The van der Waals surface area contributed by atoms with Crippen molar-refractivity contribution in [2.24, 2.45) is 5.16 Å². The molecule has 1 N–H and O–H groups in total. The standard InChI is InChI=1S/C20H18ClNO/c21-16-8-7-15-6-5-14-3-1-2-4-18(14)20(19(15)13-16)11-9-17(22-23)10-12-20/h1-4,7-9,11,13,23H,5-6,10,12H2. The summed E-state index contributed by atoms with van der Waals surface area (Å²) in [5.41, 5.74) is 5.97. The van der Waals surface area contributed by atoms with Crippen LogP contribution in [0.5, 0.6) is 0 Å². The van der Waals surface area contributed by atoms with Gasteiger partial charge in [-0.05, 0) is 66.1 Å². The molecule has 0 bridgehead atoms. The van der Waals surface area contributed by atoms with Crippen LogP contribution in [-0.2, 0) is 18.3 Å². The second kappa shape index (κ2) is 5.54. The van der Waals surface area contributed by atoms with Crippen molar-refractivity contribution in [2.75, 3.05) is 0 Å². The Bertz CT molecular complexity index is 824. The van der Waals surface area contributed by atoms with E-state index in [9.17, 15) is 0 Å². The highest BCUT2D eigenvalue weighted by Crippen LogP contribution is 2.46. The molecule has 2 aromatic carbocycles. The van der Waals surface area contributed by atoms with Crippen LogP contribution in [0.2, 0.25) is 5.02 Å². The molecule has 0 saturated heterocycles. The first-order valence-electron chi connectivity index (χ1n) is 8.00. The van der Waals surface area contributed by atoms with Crippen molar-refractivity contribution in [3.63, 3.8) is 0 Å². The Labute approximate surface area is 141 Å². The third-order valence-corrected chi connectivity index (χ3v) is 5.41. The number of fused-ring (bicyclic) bond motifs is 4. The number of rotatable bonds is 0. The maximum absolute atomic E-state index is 9.08. The molecule has 1 atom stereocenters. The molecule has 2 aliphatic rings. The number of nitrogens with zero attached hydrogens (tertiary/aromatic N) is 1. The summed E-state index contributed by atoms with van der Waals surface area (Å²) in [6.07, 6.45) is 7.88. The van der Waals surface area contributed by atoms with E-state index in [1.54, 1.807) is 0 Å². The van der Waals surface area contributed by atoms with Gasteiger partial charge in [0.1, 0.15) is 0 Å². The van der Waals surface area contributed by atoms with Gasteiger partial charge in [-0.25, -0.2) is 0 Å². The SMILES string of the molecule is ON=C1C=CC2(CC1)c1ccccc1CCc1ccc(Cl)cc12. The van der Waals surface area contributed by atoms with Gasteiger partial charge in [-0.3, -0.25) is 0 Å². The van der Waals surface area contributed by atoms with Crippen LogP contribution < -0.4 is 0 Å². The topological polar surface area (TPSA) is 32.6 Å². The monoisotopic (exact) mass is 323 g/mol. The fourth-order valence-electron chi connectivity index (χ4n) is 4.03. The van der Waals surface area contributed by atoms with Crippen LogP contribution in [0.3, 0.4) is 0 Å². The molecule has 4 rings (SSSR count). The fourth-order valence-corrected chi connectivity index (χ4v) is 4.20. The van der Waals surface area contributed by atoms with Crippen LogP contribution in [-0.4, -0.2) is 10.9 Å². The largest absolute Gasteiger partial charge is 0.411 e. The minimum absolute atomic E-state index is 0.179. The molecule has 116 valence electrons. The van der Waals surface area contributed by atoms with Crippen molar-refractivity contribution in [2.45, 2.75) is 31.1 Å². The Morgan fingerprint density at radius 3 is 2.48 bits per heavy atom. The molecule has 0 radical (unpaired) electrons. The summed E-state index contributed by atoms with van der Waals surface area (Å²) in [5.74, 6) is 0. The molecule has 3 heteroatoms. The lowest BCUT2D eigenvalue weighted by atomic mass is 9.67. The van der Waals surface area contributed by atoms with Gasteiger partial charge in [0.05, 0.1) is 5.71 Å². The van der Waals surface area contributed by atoms with Crippen molar-refractivity contribution in [1.29, 1.82) is 0 Å². The van der Waals surface area contributed by atoms with E-state index < -0.39 is 0 Å². The normalized spacial score (nSPS) is 24.3. The predicted molar refractivity (Wildman–Crippen MR) is 93.7 cm³/mol. The van der Waals surface area contributed by atoms with E-state index in [0.29, 0.717) is 0 Å². The zero-order valence-electron chi connectivity index (χ0n) is 12.8. The number of halogens is 1. The highest BCUT2D eigenvalue weighted by atomic mass is 35.5. The van der Waals surface area contributed by atoms with Crippen LogP contribution in [0.25, 0.3) is 0 Å². The average molecular weight is 324 g/mol. The summed E-state index contributed by atoms with van der Waals surface area (Å²) in [6.45, 7) is 0. The molecule has 23 heavy (non-hydrogen) atoms. The molecule has 0 aliphatic heterocycles. The molecular formula is C20H18ClNO. The van der Waals surface area contributed by atoms with E-state index in [1.165, 1.54) is 22.3 Å². The Morgan fingerprint density at radius 1 is 0.957 bits per heavy atom. The lowest BCUT2D eigenvalue weighted by molar-refractivity contribution is 0.317. The Balaban J connectivity index is 2.01. The Hall–Kier alpha value is -2.06. The first kappa shape index (κ1) is 14.5. The van der Waals surface area contributed by atoms with Crippen molar-refractivity contribution >= 4 is 17.3 Å². The molecule has 0 aromatic heterocycles.